The summed E-state index contributed by atoms with van der Waals surface area (Å²) in [5.41, 5.74) is 5.66. The Balaban J connectivity index is 1.92. The Morgan fingerprint density at radius 3 is 2.52 bits per heavy atom. The van der Waals surface area contributed by atoms with E-state index in [9.17, 15) is 14.5 Å². The monoisotopic (exact) mass is 430 g/mol. The SMILES string of the molecule is CC(C)(C)OC(=O)NCCCC(=O)Nc1nc(N)nc(OCc2ccccc2)c1N=O. The number of nitrogens with two attached hydrogens (primary N) is 1. The number of benzene rings is 1. The summed E-state index contributed by atoms with van der Waals surface area (Å²) in [5.74, 6) is -0.899. The molecule has 2 aromatic rings. The van der Waals surface area contributed by atoms with Crippen molar-refractivity contribution < 1.29 is 19.1 Å². The Morgan fingerprint density at radius 2 is 1.87 bits per heavy atom. The van der Waals surface area contributed by atoms with Gasteiger partial charge in [0.1, 0.15) is 12.2 Å². The largest absolute Gasteiger partial charge is 0.471 e. The van der Waals surface area contributed by atoms with Crippen molar-refractivity contribution in [2.24, 2.45) is 5.18 Å². The number of hydrogen-bond acceptors (Lipinski definition) is 9. The van der Waals surface area contributed by atoms with E-state index in [1.54, 1.807) is 20.8 Å². The third-order valence-electron chi connectivity index (χ3n) is 3.69. The van der Waals surface area contributed by atoms with E-state index in [1.165, 1.54) is 0 Å². The zero-order chi connectivity index (χ0) is 22.9. The number of nitroso groups, excluding NO2 is 1. The lowest BCUT2D eigenvalue weighted by Gasteiger charge is -2.19. The van der Waals surface area contributed by atoms with Crippen LogP contribution < -0.4 is 21.1 Å². The van der Waals surface area contributed by atoms with Crippen molar-refractivity contribution in [1.29, 1.82) is 0 Å². The Kier molecular flexibility index (Phi) is 8.24. The molecule has 2 rings (SSSR count). The zero-order valence-electron chi connectivity index (χ0n) is 17.7. The van der Waals surface area contributed by atoms with Gasteiger partial charge in [-0.15, -0.1) is 4.91 Å². The predicted molar refractivity (Wildman–Crippen MR) is 115 cm³/mol. The molecule has 0 aliphatic rings. The van der Waals surface area contributed by atoms with Gasteiger partial charge < -0.3 is 25.8 Å². The van der Waals surface area contributed by atoms with Gasteiger partial charge >= 0.3 is 6.09 Å². The van der Waals surface area contributed by atoms with Gasteiger partial charge in [-0.25, -0.2) is 4.79 Å². The molecule has 0 aliphatic heterocycles. The normalized spacial score (nSPS) is 10.8. The predicted octanol–water partition coefficient (Wildman–Crippen LogP) is 3.28. The summed E-state index contributed by atoms with van der Waals surface area (Å²) in [6.45, 7) is 5.62. The van der Waals surface area contributed by atoms with E-state index < -0.39 is 17.6 Å². The third kappa shape index (κ3) is 8.25. The Hall–Kier alpha value is -3.76. The molecule has 0 spiro atoms. The highest BCUT2D eigenvalue weighted by molar-refractivity contribution is 5.93. The van der Waals surface area contributed by atoms with Crippen LogP contribution in [0.25, 0.3) is 0 Å². The van der Waals surface area contributed by atoms with Gasteiger partial charge in [0.05, 0.1) is 0 Å². The molecule has 0 saturated heterocycles. The number of amides is 2. The number of ether oxygens (including phenoxy) is 2. The molecule has 11 heteroatoms. The van der Waals surface area contributed by atoms with Gasteiger partial charge in [-0.2, -0.15) is 9.97 Å². The highest BCUT2D eigenvalue weighted by Gasteiger charge is 2.19. The minimum atomic E-state index is -0.604. The van der Waals surface area contributed by atoms with Crippen LogP contribution in [0.15, 0.2) is 35.5 Å². The maximum absolute atomic E-state index is 12.2. The van der Waals surface area contributed by atoms with Crippen molar-refractivity contribution in [2.45, 2.75) is 45.8 Å². The molecule has 11 nitrogen and oxygen atoms in total. The first kappa shape index (κ1) is 23.5. The van der Waals surface area contributed by atoms with Crippen LogP contribution in [0.5, 0.6) is 5.88 Å². The van der Waals surface area contributed by atoms with Gasteiger partial charge in [-0.3, -0.25) is 4.79 Å². The quantitative estimate of drug-likeness (QED) is 0.404. The molecule has 31 heavy (non-hydrogen) atoms. The number of anilines is 2. The van der Waals surface area contributed by atoms with Gasteiger partial charge in [-0.05, 0) is 37.9 Å². The van der Waals surface area contributed by atoms with E-state index in [0.29, 0.717) is 6.42 Å². The first-order valence-corrected chi connectivity index (χ1v) is 9.62. The summed E-state index contributed by atoms with van der Waals surface area (Å²) in [5, 5.41) is 7.92. The molecule has 0 bridgehead atoms. The number of carbonyl (C=O) groups is 2. The van der Waals surface area contributed by atoms with Crippen LogP contribution in [0.3, 0.4) is 0 Å². The van der Waals surface area contributed by atoms with Crippen molar-refractivity contribution in [3.8, 4) is 5.88 Å². The molecule has 0 atom stereocenters. The van der Waals surface area contributed by atoms with Gasteiger partial charge in [0.25, 0.3) is 5.88 Å². The number of nitrogens with zero attached hydrogens (tertiary/aromatic N) is 3. The van der Waals surface area contributed by atoms with Crippen LogP contribution in [0.4, 0.5) is 22.2 Å². The van der Waals surface area contributed by atoms with E-state index in [2.05, 4.69) is 25.8 Å². The fraction of sp³-hybridized carbons (Fsp3) is 0.400. The van der Waals surface area contributed by atoms with E-state index in [-0.39, 0.29) is 42.9 Å². The van der Waals surface area contributed by atoms with E-state index in [1.807, 2.05) is 30.3 Å². The summed E-state index contributed by atoms with van der Waals surface area (Å²) in [6.07, 6.45) is -0.172. The summed E-state index contributed by atoms with van der Waals surface area (Å²) < 4.78 is 10.7. The second-order valence-corrected chi connectivity index (χ2v) is 7.53. The molecule has 166 valence electrons. The second-order valence-electron chi connectivity index (χ2n) is 7.53. The lowest BCUT2D eigenvalue weighted by Crippen LogP contribution is -2.33. The molecular formula is C20H26N6O5. The standard InChI is InChI=1S/C20H26N6O5/c1-20(2,3)31-19(28)22-11-7-10-14(27)23-16-15(26-29)17(25-18(21)24-16)30-12-13-8-5-4-6-9-13/h4-6,8-9H,7,10-12H2,1-3H3,(H,22,28)(H3,21,23,24,25,27). The fourth-order valence-electron chi connectivity index (χ4n) is 2.39. The Morgan fingerprint density at radius 1 is 1.16 bits per heavy atom. The highest BCUT2D eigenvalue weighted by Crippen LogP contribution is 2.33. The van der Waals surface area contributed by atoms with Crippen LogP contribution >= 0.6 is 0 Å². The smallest absolute Gasteiger partial charge is 0.407 e. The van der Waals surface area contributed by atoms with Crippen LogP contribution in [0.2, 0.25) is 0 Å². The molecule has 0 aliphatic carbocycles. The van der Waals surface area contributed by atoms with Crippen LogP contribution in [0, 0.1) is 4.91 Å². The first-order chi connectivity index (χ1) is 14.7. The minimum Gasteiger partial charge on any atom is -0.471 e. The van der Waals surface area contributed by atoms with Crippen molar-refractivity contribution in [3.63, 3.8) is 0 Å². The molecule has 0 saturated carbocycles. The fourth-order valence-corrected chi connectivity index (χ4v) is 2.39. The summed E-state index contributed by atoms with van der Waals surface area (Å²) in [7, 11) is 0. The van der Waals surface area contributed by atoms with Gasteiger partial charge in [-0.1, -0.05) is 30.3 Å². The molecule has 4 N–H and O–H groups in total. The third-order valence-corrected chi connectivity index (χ3v) is 3.69. The van der Waals surface area contributed by atoms with Crippen LogP contribution in [0.1, 0.15) is 39.2 Å². The maximum atomic E-state index is 12.2. The number of aromatic nitrogens is 2. The van der Waals surface area contributed by atoms with E-state index >= 15 is 0 Å². The lowest BCUT2D eigenvalue weighted by molar-refractivity contribution is -0.116. The molecule has 0 radical (unpaired) electrons. The van der Waals surface area contributed by atoms with Gasteiger partial charge in [0, 0.05) is 13.0 Å². The number of hydrogen-bond donors (Lipinski definition) is 3. The minimum absolute atomic E-state index is 0.0538. The maximum Gasteiger partial charge on any atom is 0.407 e. The van der Waals surface area contributed by atoms with Gasteiger partial charge in [0.2, 0.25) is 17.5 Å². The van der Waals surface area contributed by atoms with Crippen molar-refractivity contribution >= 4 is 29.5 Å². The average molecular weight is 430 g/mol. The van der Waals surface area contributed by atoms with Crippen molar-refractivity contribution in [2.75, 3.05) is 17.6 Å². The zero-order valence-corrected chi connectivity index (χ0v) is 17.7. The molecule has 0 unspecified atom stereocenters. The summed E-state index contributed by atoms with van der Waals surface area (Å²) >= 11 is 0. The summed E-state index contributed by atoms with van der Waals surface area (Å²) in [6, 6.07) is 9.23. The molecule has 1 heterocycles. The Labute approximate surface area is 179 Å². The Bertz CT molecular complexity index is 914. The van der Waals surface area contributed by atoms with E-state index in [4.69, 9.17) is 15.2 Å². The van der Waals surface area contributed by atoms with E-state index in [0.717, 1.165) is 5.56 Å². The topological polar surface area (TPSA) is 158 Å². The molecule has 1 aromatic heterocycles. The van der Waals surface area contributed by atoms with Crippen molar-refractivity contribution in [3.05, 3.63) is 40.8 Å². The van der Waals surface area contributed by atoms with Crippen LogP contribution in [-0.2, 0) is 16.1 Å². The molecule has 2 amide bonds. The number of nitrogen functional groups attached to an aromatic ring is 1. The number of rotatable bonds is 9. The number of alkyl carbamates (subject to hydrolysis) is 1. The van der Waals surface area contributed by atoms with Gasteiger partial charge in [0.15, 0.2) is 5.82 Å². The number of nitrogens with one attached hydrogen (secondary N) is 2. The van der Waals surface area contributed by atoms with Crippen LogP contribution in [-0.4, -0.2) is 34.1 Å². The van der Waals surface area contributed by atoms with Crippen molar-refractivity contribution in [1.82, 2.24) is 15.3 Å². The summed E-state index contributed by atoms with van der Waals surface area (Å²) in [4.78, 5) is 42.9. The highest BCUT2D eigenvalue weighted by atomic mass is 16.6. The molecule has 0 fully saturated rings. The number of carbonyl (C=O) groups excluding carboxylic acids is 2. The second kappa shape index (κ2) is 10.9. The lowest BCUT2D eigenvalue weighted by atomic mass is 10.2. The molecular weight excluding hydrogens is 404 g/mol. The average Bonchev–Trinajstić information content (AvgIpc) is 2.69. The molecule has 1 aromatic carbocycles. The first-order valence-electron chi connectivity index (χ1n) is 9.62.